The molecule has 1 heterocycles. The Labute approximate surface area is 117 Å². The lowest BCUT2D eigenvalue weighted by molar-refractivity contribution is 0.622. The predicted molar refractivity (Wildman–Crippen MR) is 78.5 cm³/mol. The Balaban J connectivity index is 2.25. The molecule has 0 amide bonds. The van der Waals surface area contributed by atoms with Gasteiger partial charge in [-0.15, -0.1) is 11.8 Å². The average Bonchev–Trinajstić information content (AvgIpc) is 2.67. The molecule has 1 N–H and O–H groups in total. The molecule has 19 heavy (non-hydrogen) atoms. The van der Waals surface area contributed by atoms with Crippen molar-refractivity contribution in [1.82, 2.24) is 0 Å². The number of benzene rings is 1. The SMILES string of the molecule is CSC(=C(C#N)C#N)C1CCc2ccccc2NC1. The number of rotatable bonds is 2. The van der Waals surface area contributed by atoms with Crippen molar-refractivity contribution >= 4 is 17.4 Å². The van der Waals surface area contributed by atoms with Crippen LogP contribution in [-0.2, 0) is 6.42 Å². The number of anilines is 1. The number of allylic oxidation sites excluding steroid dienone is 1. The van der Waals surface area contributed by atoms with Gasteiger partial charge in [-0.25, -0.2) is 0 Å². The number of hydrogen-bond donors (Lipinski definition) is 1. The van der Waals surface area contributed by atoms with Gasteiger partial charge in [0.15, 0.2) is 0 Å². The van der Waals surface area contributed by atoms with Crippen LogP contribution in [0.1, 0.15) is 12.0 Å². The van der Waals surface area contributed by atoms with Crippen LogP contribution >= 0.6 is 11.8 Å². The highest BCUT2D eigenvalue weighted by molar-refractivity contribution is 8.02. The summed E-state index contributed by atoms with van der Waals surface area (Å²) in [6.45, 7) is 0.778. The highest BCUT2D eigenvalue weighted by Gasteiger charge is 2.21. The topological polar surface area (TPSA) is 59.6 Å². The molecular weight excluding hydrogens is 254 g/mol. The average molecular weight is 269 g/mol. The molecule has 0 spiro atoms. The molecule has 0 saturated heterocycles. The van der Waals surface area contributed by atoms with Gasteiger partial charge in [-0.05, 0) is 30.7 Å². The smallest absolute Gasteiger partial charge is 0.139 e. The maximum Gasteiger partial charge on any atom is 0.139 e. The van der Waals surface area contributed by atoms with Crippen LogP contribution in [0.25, 0.3) is 0 Å². The van der Waals surface area contributed by atoms with Crippen LogP contribution in [0.2, 0.25) is 0 Å². The molecule has 3 nitrogen and oxygen atoms in total. The van der Waals surface area contributed by atoms with Gasteiger partial charge in [-0.3, -0.25) is 0 Å². The summed E-state index contributed by atoms with van der Waals surface area (Å²) in [6, 6.07) is 12.3. The number of nitriles is 2. The zero-order valence-corrected chi connectivity index (χ0v) is 11.6. The molecule has 0 bridgehead atoms. The molecule has 1 aromatic carbocycles. The van der Waals surface area contributed by atoms with Crippen molar-refractivity contribution in [3.05, 3.63) is 40.3 Å². The lowest BCUT2D eigenvalue weighted by Crippen LogP contribution is -2.14. The molecule has 0 radical (unpaired) electrons. The second kappa shape index (κ2) is 6.31. The number of fused-ring (bicyclic) bond motifs is 1. The number of nitrogens with zero attached hydrogens (tertiary/aromatic N) is 2. The number of aryl methyl sites for hydroxylation is 1. The third kappa shape index (κ3) is 2.92. The third-order valence-corrected chi connectivity index (χ3v) is 4.36. The zero-order valence-electron chi connectivity index (χ0n) is 10.8. The largest absolute Gasteiger partial charge is 0.384 e. The summed E-state index contributed by atoms with van der Waals surface area (Å²) < 4.78 is 0. The fourth-order valence-corrected chi connectivity index (χ4v) is 3.24. The van der Waals surface area contributed by atoms with Gasteiger partial charge in [-0.2, -0.15) is 10.5 Å². The molecule has 96 valence electrons. The van der Waals surface area contributed by atoms with E-state index >= 15 is 0 Å². The van der Waals surface area contributed by atoms with Crippen LogP contribution < -0.4 is 5.32 Å². The predicted octanol–water partition coefficient (Wildman–Crippen LogP) is 3.33. The van der Waals surface area contributed by atoms with Gasteiger partial charge in [0.1, 0.15) is 17.7 Å². The zero-order chi connectivity index (χ0) is 13.7. The molecule has 1 unspecified atom stereocenters. The van der Waals surface area contributed by atoms with Crippen molar-refractivity contribution in [2.75, 3.05) is 18.1 Å². The molecule has 2 rings (SSSR count). The number of nitrogens with one attached hydrogen (secondary N) is 1. The highest BCUT2D eigenvalue weighted by Crippen LogP contribution is 2.33. The number of para-hydroxylation sites is 1. The third-order valence-electron chi connectivity index (χ3n) is 3.38. The van der Waals surface area contributed by atoms with Crippen molar-refractivity contribution in [2.24, 2.45) is 5.92 Å². The lowest BCUT2D eigenvalue weighted by Gasteiger charge is -2.17. The number of hydrogen-bond acceptors (Lipinski definition) is 4. The highest BCUT2D eigenvalue weighted by atomic mass is 32.2. The standard InChI is InChI=1S/C15H15N3S/c1-19-15(13(8-16)9-17)12-7-6-11-4-2-3-5-14(11)18-10-12/h2-5,12,18H,6-7,10H2,1H3. The summed E-state index contributed by atoms with van der Waals surface area (Å²) in [6.07, 6.45) is 3.87. The van der Waals surface area contributed by atoms with Crippen molar-refractivity contribution < 1.29 is 0 Å². The van der Waals surface area contributed by atoms with E-state index in [0.29, 0.717) is 0 Å². The Morgan fingerprint density at radius 1 is 1.32 bits per heavy atom. The van der Waals surface area contributed by atoms with Crippen LogP contribution in [-0.4, -0.2) is 12.8 Å². The van der Waals surface area contributed by atoms with Crippen LogP contribution in [0.15, 0.2) is 34.7 Å². The summed E-state index contributed by atoms with van der Waals surface area (Å²) >= 11 is 1.52. The Kier molecular flexibility index (Phi) is 4.49. The maximum atomic E-state index is 9.04. The summed E-state index contributed by atoms with van der Waals surface area (Å²) in [7, 11) is 0. The van der Waals surface area contributed by atoms with Gasteiger partial charge < -0.3 is 5.32 Å². The first kappa shape index (κ1) is 13.5. The fraction of sp³-hybridized carbons (Fsp3) is 0.333. The summed E-state index contributed by atoms with van der Waals surface area (Å²) in [4.78, 5) is 0.908. The minimum atomic E-state index is 0.233. The van der Waals surface area contributed by atoms with Gasteiger partial charge >= 0.3 is 0 Å². The van der Waals surface area contributed by atoms with Crippen LogP contribution in [0.3, 0.4) is 0 Å². The Morgan fingerprint density at radius 3 is 2.74 bits per heavy atom. The maximum absolute atomic E-state index is 9.04. The fourth-order valence-electron chi connectivity index (χ4n) is 2.41. The van der Waals surface area contributed by atoms with Gasteiger partial charge in [0.2, 0.25) is 0 Å². The van der Waals surface area contributed by atoms with Gasteiger partial charge in [0, 0.05) is 23.1 Å². The minimum absolute atomic E-state index is 0.233. The van der Waals surface area contributed by atoms with E-state index in [4.69, 9.17) is 10.5 Å². The summed E-state index contributed by atoms with van der Waals surface area (Å²) in [5.74, 6) is 0.233. The quantitative estimate of drug-likeness (QED) is 0.837. The molecule has 1 aromatic rings. The van der Waals surface area contributed by atoms with E-state index in [0.717, 1.165) is 24.3 Å². The van der Waals surface area contributed by atoms with Gasteiger partial charge in [0.05, 0.1) is 0 Å². The molecule has 1 atom stereocenters. The summed E-state index contributed by atoms with van der Waals surface area (Å²) in [5, 5.41) is 21.5. The summed E-state index contributed by atoms with van der Waals surface area (Å²) in [5.41, 5.74) is 2.73. The normalized spacial score (nSPS) is 17.1. The molecule has 0 saturated carbocycles. The molecule has 0 aromatic heterocycles. The van der Waals surface area contributed by atoms with E-state index in [1.54, 1.807) is 0 Å². The van der Waals surface area contributed by atoms with Gasteiger partial charge in [0.25, 0.3) is 0 Å². The minimum Gasteiger partial charge on any atom is -0.384 e. The van der Waals surface area contributed by atoms with E-state index < -0.39 is 0 Å². The molecule has 1 aliphatic rings. The molecule has 1 aliphatic heterocycles. The first-order chi connectivity index (χ1) is 9.30. The first-order valence-corrected chi connectivity index (χ1v) is 7.42. The van der Waals surface area contributed by atoms with Crippen molar-refractivity contribution in [1.29, 1.82) is 10.5 Å². The van der Waals surface area contributed by atoms with E-state index in [9.17, 15) is 0 Å². The number of thioether (sulfide) groups is 1. The van der Waals surface area contributed by atoms with E-state index in [-0.39, 0.29) is 11.5 Å². The van der Waals surface area contributed by atoms with E-state index in [1.165, 1.54) is 23.0 Å². The molecule has 0 aliphatic carbocycles. The molecule has 0 fully saturated rings. The second-order valence-corrected chi connectivity index (χ2v) is 5.29. The Bertz CT molecular complexity index is 535. The van der Waals surface area contributed by atoms with Gasteiger partial charge in [-0.1, -0.05) is 18.2 Å². The second-order valence-electron chi connectivity index (χ2n) is 4.44. The van der Waals surface area contributed by atoms with Crippen LogP contribution in [0.4, 0.5) is 5.69 Å². The van der Waals surface area contributed by atoms with Crippen LogP contribution in [0.5, 0.6) is 0 Å². The molecular formula is C15H15N3S. The monoisotopic (exact) mass is 269 g/mol. The van der Waals surface area contributed by atoms with E-state index in [2.05, 4.69) is 17.4 Å². The van der Waals surface area contributed by atoms with Crippen molar-refractivity contribution in [2.45, 2.75) is 12.8 Å². The Hall–Kier alpha value is -1.91. The molecule has 4 heteroatoms. The van der Waals surface area contributed by atoms with E-state index in [1.807, 2.05) is 30.5 Å². The van der Waals surface area contributed by atoms with Crippen molar-refractivity contribution in [3.8, 4) is 12.1 Å². The van der Waals surface area contributed by atoms with Crippen molar-refractivity contribution in [3.63, 3.8) is 0 Å². The first-order valence-electron chi connectivity index (χ1n) is 6.20. The lowest BCUT2D eigenvalue weighted by atomic mass is 9.98. The van der Waals surface area contributed by atoms with Crippen LogP contribution in [0, 0.1) is 28.6 Å². The Morgan fingerprint density at radius 2 is 2.05 bits per heavy atom.